The highest BCUT2D eigenvalue weighted by Crippen LogP contribution is 2.40. The van der Waals surface area contributed by atoms with E-state index in [1.54, 1.807) is 0 Å². The molecule has 1 aromatic rings. The lowest BCUT2D eigenvalue weighted by molar-refractivity contribution is 0.150. The number of piperidine rings is 1. The Morgan fingerprint density at radius 2 is 1.78 bits per heavy atom. The van der Waals surface area contributed by atoms with Gasteiger partial charge in [-0.25, -0.2) is 0 Å². The Bertz CT molecular complexity index is 396. The van der Waals surface area contributed by atoms with Crippen molar-refractivity contribution >= 4 is 5.69 Å². The number of hydrogen-bond acceptors (Lipinski definition) is 2. The summed E-state index contributed by atoms with van der Waals surface area (Å²) in [6, 6.07) is 10.7. The summed E-state index contributed by atoms with van der Waals surface area (Å²) in [5.41, 5.74) is 2.82. The summed E-state index contributed by atoms with van der Waals surface area (Å²) >= 11 is 0. The van der Waals surface area contributed by atoms with Crippen LogP contribution in [-0.4, -0.2) is 31.6 Å². The van der Waals surface area contributed by atoms with E-state index in [1.807, 2.05) is 0 Å². The van der Waals surface area contributed by atoms with E-state index in [4.69, 9.17) is 0 Å². The molecule has 2 fully saturated rings. The third-order valence-corrected chi connectivity index (χ3v) is 4.64. The Labute approximate surface area is 111 Å². The molecule has 2 atom stereocenters. The topological polar surface area (TPSA) is 6.48 Å². The van der Waals surface area contributed by atoms with Crippen LogP contribution >= 0.6 is 0 Å². The van der Waals surface area contributed by atoms with E-state index in [1.165, 1.54) is 49.9 Å². The third kappa shape index (κ3) is 2.14. The maximum Gasteiger partial charge on any atom is 0.0361 e. The average Bonchev–Trinajstić information content (AvgIpc) is 2.82. The van der Waals surface area contributed by atoms with E-state index in [0.717, 1.165) is 6.04 Å². The van der Waals surface area contributed by atoms with Gasteiger partial charge in [-0.1, -0.05) is 18.6 Å². The Morgan fingerprint density at radius 1 is 1.00 bits per heavy atom. The molecule has 0 N–H and O–H groups in total. The summed E-state index contributed by atoms with van der Waals surface area (Å²) < 4.78 is 0. The minimum Gasteiger partial charge on any atom is -0.378 e. The molecule has 0 saturated carbocycles. The summed E-state index contributed by atoms with van der Waals surface area (Å²) in [6.45, 7) is 1.31. The second-order valence-corrected chi connectivity index (χ2v) is 5.97. The summed E-state index contributed by atoms with van der Waals surface area (Å²) in [5.74, 6) is 0. The fourth-order valence-electron chi connectivity index (χ4n) is 3.61. The Balaban J connectivity index is 1.78. The van der Waals surface area contributed by atoms with Gasteiger partial charge in [0.15, 0.2) is 0 Å². The van der Waals surface area contributed by atoms with Gasteiger partial charge >= 0.3 is 0 Å². The van der Waals surface area contributed by atoms with Gasteiger partial charge < -0.3 is 4.90 Å². The quantitative estimate of drug-likeness (QED) is 0.786. The van der Waals surface area contributed by atoms with E-state index in [9.17, 15) is 0 Å². The van der Waals surface area contributed by atoms with Crippen LogP contribution in [0.5, 0.6) is 0 Å². The molecule has 18 heavy (non-hydrogen) atoms. The molecule has 98 valence electrons. The summed E-state index contributed by atoms with van der Waals surface area (Å²) in [7, 11) is 4.20. The van der Waals surface area contributed by atoms with Gasteiger partial charge in [0.05, 0.1) is 0 Å². The first-order chi connectivity index (χ1) is 8.75. The number of benzene rings is 1. The molecular formula is C16H24N2. The van der Waals surface area contributed by atoms with Gasteiger partial charge in [-0.05, 0) is 49.9 Å². The Hall–Kier alpha value is -1.02. The van der Waals surface area contributed by atoms with Crippen molar-refractivity contribution in [2.45, 2.75) is 44.2 Å². The van der Waals surface area contributed by atoms with Crippen molar-refractivity contribution in [3.63, 3.8) is 0 Å². The maximum absolute atomic E-state index is 2.76. The first-order valence-electron chi connectivity index (χ1n) is 7.29. The number of nitrogens with zero attached hydrogens (tertiary/aromatic N) is 2. The van der Waals surface area contributed by atoms with Crippen molar-refractivity contribution in [3.05, 3.63) is 29.8 Å². The molecule has 0 spiro atoms. The van der Waals surface area contributed by atoms with Crippen LogP contribution in [0.3, 0.4) is 0 Å². The lowest BCUT2D eigenvalue weighted by Gasteiger charge is -2.34. The summed E-state index contributed by atoms with van der Waals surface area (Å²) in [5, 5.41) is 0. The summed E-state index contributed by atoms with van der Waals surface area (Å²) in [4.78, 5) is 4.93. The lowest BCUT2D eigenvalue weighted by atomic mass is 10.0. The van der Waals surface area contributed by atoms with Crippen molar-refractivity contribution in [1.82, 2.24) is 4.90 Å². The van der Waals surface area contributed by atoms with E-state index in [2.05, 4.69) is 48.2 Å². The Morgan fingerprint density at radius 3 is 2.50 bits per heavy atom. The van der Waals surface area contributed by atoms with Crippen LogP contribution in [-0.2, 0) is 0 Å². The van der Waals surface area contributed by atoms with E-state index in [0.29, 0.717) is 6.04 Å². The zero-order valence-electron chi connectivity index (χ0n) is 11.6. The molecular weight excluding hydrogens is 220 g/mol. The molecule has 0 radical (unpaired) electrons. The highest BCUT2D eigenvalue weighted by molar-refractivity contribution is 5.46. The minimum absolute atomic E-state index is 0.687. The molecule has 2 heterocycles. The highest BCUT2D eigenvalue weighted by atomic mass is 15.2. The van der Waals surface area contributed by atoms with Crippen molar-refractivity contribution in [2.75, 3.05) is 25.5 Å². The second kappa shape index (κ2) is 4.93. The van der Waals surface area contributed by atoms with E-state index < -0.39 is 0 Å². The number of fused-ring (bicyclic) bond motifs is 1. The van der Waals surface area contributed by atoms with Crippen molar-refractivity contribution in [1.29, 1.82) is 0 Å². The van der Waals surface area contributed by atoms with Crippen molar-refractivity contribution in [2.24, 2.45) is 0 Å². The molecule has 0 aliphatic carbocycles. The molecule has 2 saturated heterocycles. The molecule has 0 bridgehead atoms. The van der Waals surface area contributed by atoms with Crippen LogP contribution in [0.2, 0.25) is 0 Å². The van der Waals surface area contributed by atoms with Gasteiger partial charge in [0.1, 0.15) is 0 Å². The van der Waals surface area contributed by atoms with Crippen molar-refractivity contribution in [3.8, 4) is 0 Å². The van der Waals surface area contributed by atoms with Crippen LogP contribution in [0, 0.1) is 0 Å². The fraction of sp³-hybridized carbons (Fsp3) is 0.625. The Kier molecular flexibility index (Phi) is 3.29. The zero-order chi connectivity index (χ0) is 12.5. The molecule has 2 aliphatic heterocycles. The zero-order valence-corrected chi connectivity index (χ0v) is 11.6. The molecule has 2 heteroatoms. The SMILES string of the molecule is CN(C)c1ccc([C@@H]2CC[C@H]3CCCCN32)cc1. The van der Waals surface area contributed by atoms with Gasteiger partial charge in [-0.3, -0.25) is 4.90 Å². The van der Waals surface area contributed by atoms with Crippen LogP contribution in [0.1, 0.15) is 43.7 Å². The van der Waals surface area contributed by atoms with Crippen LogP contribution in [0.15, 0.2) is 24.3 Å². The normalized spacial score (nSPS) is 28.1. The molecule has 1 aromatic carbocycles. The minimum atomic E-state index is 0.687. The standard InChI is InChI=1S/C16H24N2/c1-17(2)14-8-6-13(7-9-14)16-11-10-15-5-3-4-12-18(15)16/h6-9,15-16H,3-5,10-12H2,1-2H3/t15-,16+/m1/s1. The van der Waals surface area contributed by atoms with Gasteiger partial charge in [0, 0.05) is 31.9 Å². The molecule has 0 amide bonds. The third-order valence-electron chi connectivity index (χ3n) is 4.64. The van der Waals surface area contributed by atoms with Crippen molar-refractivity contribution < 1.29 is 0 Å². The van der Waals surface area contributed by atoms with Crippen LogP contribution < -0.4 is 4.90 Å². The second-order valence-electron chi connectivity index (χ2n) is 5.97. The summed E-state index contributed by atoms with van der Waals surface area (Å²) in [6.07, 6.45) is 7.01. The molecule has 2 aliphatic rings. The molecule has 3 rings (SSSR count). The monoisotopic (exact) mass is 244 g/mol. The van der Waals surface area contributed by atoms with E-state index >= 15 is 0 Å². The largest absolute Gasteiger partial charge is 0.378 e. The number of rotatable bonds is 2. The van der Waals surface area contributed by atoms with Crippen LogP contribution in [0.4, 0.5) is 5.69 Å². The first kappa shape index (κ1) is 12.0. The fourth-order valence-corrected chi connectivity index (χ4v) is 3.61. The van der Waals surface area contributed by atoms with Gasteiger partial charge in [-0.2, -0.15) is 0 Å². The predicted octanol–water partition coefficient (Wildman–Crippen LogP) is 3.44. The smallest absolute Gasteiger partial charge is 0.0361 e. The predicted molar refractivity (Wildman–Crippen MR) is 77.1 cm³/mol. The number of hydrogen-bond donors (Lipinski definition) is 0. The molecule has 0 unspecified atom stereocenters. The van der Waals surface area contributed by atoms with Gasteiger partial charge in [0.25, 0.3) is 0 Å². The number of anilines is 1. The van der Waals surface area contributed by atoms with Crippen LogP contribution in [0.25, 0.3) is 0 Å². The molecule has 0 aromatic heterocycles. The lowest BCUT2D eigenvalue weighted by Crippen LogP contribution is -2.35. The van der Waals surface area contributed by atoms with Gasteiger partial charge in [-0.15, -0.1) is 0 Å². The molecule has 2 nitrogen and oxygen atoms in total. The maximum atomic E-state index is 2.76. The highest BCUT2D eigenvalue weighted by Gasteiger charge is 2.35. The average molecular weight is 244 g/mol. The van der Waals surface area contributed by atoms with Gasteiger partial charge in [0.2, 0.25) is 0 Å². The first-order valence-corrected chi connectivity index (χ1v) is 7.29. The van der Waals surface area contributed by atoms with E-state index in [-0.39, 0.29) is 0 Å².